The third-order valence-corrected chi connectivity index (χ3v) is 4.84. The van der Waals surface area contributed by atoms with Gasteiger partial charge in [-0.25, -0.2) is 4.79 Å². The molecule has 0 saturated carbocycles. The van der Waals surface area contributed by atoms with Crippen molar-refractivity contribution in [1.82, 2.24) is 20.2 Å². The molecule has 3 aromatic carbocycles. The third-order valence-electron chi connectivity index (χ3n) is 4.84. The van der Waals surface area contributed by atoms with Crippen LogP contribution in [0.5, 0.6) is 17.5 Å². The predicted octanol–water partition coefficient (Wildman–Crippen LogP) is 4.64. The molecule has 0 atom stereocenters. The molecule has 0 radical (unpaired) electrons. The Morgan fingerprint density at radius 3 is 2.47 bits per heavy atom. The van der Waals surface area contributed by atoms with Crippen LogP contribution in [0.3, 0.4) is 0 Å². The summed E-state index contributed by atoms with van der Waals surface area (Å²) in [7, 11) is 0. The van der Waals surface area contributed by atoms with E-state index in [1.807, 2.05) is 67.6 Å². The molecule has 0 aliphatic rings. The van der Waals surface area contributed by atoms with Gasteiger partial charge in [-0.05, 0) is 78.4 Å². The second kappa shape index (κ2) is 11.0. The normalized spacial score (nSPS) is 10.5. The fourth-order valence-corrected chi connectivity index (χ4v) is 3.23. The molecule has 4 rings (SSSR count). The van der Waals surface area contributed by atoms with Crippen LogP contribution in [-0.2, 0) is 11.3 Å². The monoisotopic (exact) mass is 459 g/mol. The van der Waals surface area contributed by atoms with Gasteiger partial charge >= 0.3 is 12.0 Å². The molecule has 34 heavy (non-hydrogen) atoms. The number of ether oxygens (including phenoxy) is 3. The van der Waals surface area contributed by atoms with Crippen LogP contribution in [0.2, 0.25) is 0 Å². The standard InChI is InChI=1S/C25H25N5O4/c1-3-32-23-16-18(17-26-20-13-11-19(12-14-20)24(31)33-4-2)10-15-22(23)34-25-27-28-29-30(25)21-8-6-5-7-9-21/h5-16,26H,3-4,17H2,1-2H3. The minimum absolute atomic E-state index is 0.236. The van der Waals surface area contributed by atoms with E-state index in [0.717, 1.165) is 16.9 Å². The van der Waals surface area contributed by atoms with Crippen molar-refractivity contribution in [2.45, 2.75) is 20.4 Å². The van der Waals surface area contributed by atoms with Crippen LogP contribution < -0.4 is 14.8 Å². The van der Waals surface area contributed by atoms with E-state index in [4.69, 9.17) is 14.2 Å². The van der Waals surface area contributed by atoms with Gasteiger partial charge in [0.2, 0.25) is 0 Å². The number of nitrogens with one attached hydrogen (secondary N) is 1. The van der Waals surface area contributed by atoms with Crippen molar-refractivity contribution in [3.63, 3.8) is 0 Å². The van der Waals surface area contributed by atoms with Gasteiger partial charge in [-0.15, -0.1) is 0 Å². The summed E-state index contributed by atoms with van der Waals surface area (Å²) in [6.07, 6.45) is 0. The maximum Gasteiger partial charge on any atom is 0.346 e. The summed E-state index contributed by atoms with van der Waals surface area (Å²) in [6, 6.07) is 22.6. The van der Waals surface area contributed by atoms with Crippen LogP contribution >= 0.6 is 0 Å². The summed E-state index contributed by atoms with van der Waals surface area (Å²) < 4.78 is 18.3. The average molecular weight is 460 g/mol. The first-order valence-electron chi connectivity index (χ1n) is 11.0. The van der Waals surface area contributed by atoms with Gasteiger partial charge < -0.3 is 19.5 Å². The first kappa shape index (κ1) is 22.8. The van der Waals surface area contributed by atoms with Crippen molar-refractivity contribution in [3.05, 3.63) is 83.9 Å². The minimum atomic E-state index is -0.329. The molecule has 4 aromatic rings. The van der Waals surface area contributed by atoms with Crippen molar-refractivity contribution in [1.29, 1.82) is 0 Å². The van der Waals surface area contributed by atoms with Gasteiger partial charge in [0.1, 0.15) is 0 Å². The van der Waals surface area contributed by atoms with Gasteiger partial charge in [-0.2, -0.15) is 4.68 Å². The fourth-order valence-electron chi connectivity index (χ4n) is 3.23. The fraction of sp³-hybridized carbons (Fsp3) is 0.200. The molecule has 1 heterocycles. The number of esters is 1. The van der Waals surface area contributed by atoms with Gasteiger partial charge in [0, 0.05) is 12.2 Å². The number of benzene rings is 3. The average Bonchev–Trinajstić information content (AvgIpc) is 3.33. The Labute approximate surface area is 197 Å². The SMILES string of the molecule is CCOC(=O)c1ccc(NCc2ccc(Oc3nnnn3-c3ccccc3)c(OCC)c2)cc1. The summed E-state index contributed by atoms with van der Waals surface area (Å²) >= 11 is 0. The maximum atomic E-state index is 11.8. The Hall–Kier alpha value is -4.40. The lowest BCUT2D eigenvalue weighted by atomic mass is 10.1. The second-order valence-electron chi connectivity index (χ2n) is 7.18. The number of nitrogens with zero attached hydrogens (tertiary/aromatic N) is 4. The van der Waals surface area contributed by atoms with Gasteiger partial charge in [-0.1, -0.05) is 29.4 Å². The van der Waals surface area contributed by atoms with Gasteiger partial charge in [0.15, 0.2) is 11.5 Å². The van der Waals surface area contributed by atoms with Crippen molar-refractivity contribution >= 4 is 11.7 Å². The minimum Gasteiger partial charge on any atom is -0.490 e. The molecule has 0 spiro atoms. The van der Waals surface area contributed by atoms with E-state index in [1.54, 1.807) is 19.1 Å². The second-order valence-corrected chi connectivity index (χ2v) is 7.18. The van der Waals surface area contributed by atoms with Crippen LogP contribution in [0.1, 0.15) is 29.8 Å². The Kier molecular flexibility index (Phi) is 7.34. The lowest BCUT2D eigenvalue weighted by Gasteiger charge is -2.13. The lowest BCUT2D eigenvalue weighted by Crippen LogP contribution is -2.05. The molecule has 1 N–H and O–H groups in total. The molecule has 174 valence electrons. The molecule has 0 saturated heterocycles. The molecule has 9 heteroatoms. The largest absolute Gasteiger partial charge is 0.490 e. The molecule has 9 nitrogen and oxygen atoms in total. The molecule has 1 aromatic heterocycles. The van der Waals surface area contributed by atoms with Gasteiger partial charge in [0.05, 0.1) is 24.5 Å². The van der Waals surface area contributed by atoms with E-state index in [-0.39, 0.29) is 12.0 Å². The Morgan fingerprint density at radius 1 is 0.941 bits per heavy atom. The van der Waals surface area contributed by atoms with E-state index in [2.05, 4.69) is 20.8 Å². The van der Waals surface area contributed by atoms with Crippen molar-refractivity contribution in [2.24, 2.45) is 0 Å². The predicted molar refractivity (Wildman–Crippen MR) is 127 cm³/mol. The number of hydrogen-bond acceptors (Lipinski definition) is 8. The highest BCUT2D eigenvalue weighted by molar-refractivity contribution is 5.89. The third kappa shape index (κ3) is 5.50. The summed E-state index contributed by atoms with van der Waals surface area (Å²) in [5, 5.41) is 15.1. The first-order valence-corrected chi connectivity index (χ1v) is 11.0. The molecule has 0 aliphatic heterocycles. The highest BCUT2D eigenvalue weighted by atomic mass is 16.5. The lowest BCUT2D eigenvalue weighted by molar-refractivity contribution is 0.0526. The number of para-hydroxylation sites is 1. The number of tetrazole rings is 1. The summed E-state index contributed by atoms with van der Waals surface area (Å²) in [5.74, 6) is 0.766. The molecular weight excluding hydrogens is 434 g/mol. The smallest absolute Gasteiger partial charge is 0.346 e. The molecule has 0 aliphatic carbocycles. The first-order chi connectivity index (χ1) is 16.7. The van der Waals surface area contributed by atoms with Crippen LogP contribution in [0.15, 0.2) is 72.8 Å². The summed E-state index contributed by atoms with van der Waals surface area (Å²) in [4.78, 5) is 11.8. The molecule has 0 fully saturated rings. The number of carbonyl (C=O) groups is 1. The quantitative estimate of drug-likeness (QED) is 0.342. The van der Waals surface area contributed by atoms with Gasteiger partial charge in [-0.3, -0.25) is 0 Å². The topological polar surface area (TPSA) is 100 Å². The number of carbonyl (C=O) groups excluding carboxylic acids is 1. The van der Waals surface area contributed by atoms with Crippen LogP contribution in [0.4, 0.5) is 5.69 Å². The van der Waals surface area contributed by atoms with Crippen molar-refractivity contribution in [3.8, 4) is 23.2 Å². The maximum absolute atomic E-state index is 11.8. The molecular formula is C25H25N5O4. The van der Waals surface area contributed by atoms with Crippen molar-refractivity contribution < 1.29 is 19.0 Å². The molecule has 0 bridgehead atoms. The number of rotatable bonds is 10. The highest BCUT2D eigenvalue weighted by Crippen LogP contribution is 2.32. The Morgan fingerprint density at radius 2 is 1.74 bits per heavy atom. The zero-order valence-electron chi connectivity index (χ0n) is 19.0. The van der Waals surface area contributed by atoms with E-state index >= 15 is 0 Å². The van der Waals surface area contributed by atoms with Crippen LogP contribution in [0, 0.1) is 0 Å². The zero-order valence-corrected chi connectivity index (χ0v) is 19.0. The molecule has 0 amide bonds. The van der Waals surface area contributed by atoms with E-state index in [0.29, 0.717) is 36.8 Å². The number of aromatic nitrogens is 4. The number of hydrogen-bond donors (Lipinski definition) is 1. The highest BCUT2D eigenvalue weighted by Gasteiger charge is 2.14. The van der Waals surface area contributed by atoms with Gasteiger partial charge in [0.25, 0.3) is 0 Å². The summed E-state index contributed by atoms with van der Waals surface area (Å²) in [6.45, 7) is 5.08. The molecule has 0 unspecified atom stereocenters. The van der Waals surface area contributed by atoms with E-state index in [1.165, 1.54) is 4.68 Å². The Bertz CT molecular complexity index is 1230. The van der Waals surface area contributed by atoms with E-state index in [9.17, 15) is 4.79 Å². The van der Waals surface area contributed by atoms with Crippen LogP contribution in [0.25, 0.3) is 5.69 Å². The van der Waals surface area contributed by atoms with E-state index < -0.39 is 0 Å². The number of anilines is 1. The zero-order chi connectivity index (χ0) is 23.8. The summed E-state index contributed by atoms with van der Waals surface area (Å²) in [5.41, 5.74) is 3.18. The van der Waals surface area contributed by atoms with Crippen molar-refractivity contribution in [2.75, 3.05) is 18.5 Å². The Balaban J connectivity index is 1.46. The van der Waals surface area contributed by atoms with Crippen LogP contribution in [-0.4, -0.2) is 39.4 Å².